The number of alkyl halides is 3. The molecule has 0 saturated heterocycles. The first-order valence-corrected chi connectivity index (χ1v) is 4.06. The Labute approximate surface area is 79.9 Å². The first kappa shape index (κ1) is 10.7. The van der Waals surface area contributed by atoms with Crippen LogP contribution in [-0.2, 0) is 0 Å². The van der Waals surface area contributed by atoms with Crippen LogP contribution in [0.5, 0.6) is 0 Å². The fraction of sp³-hybridized carbons (Fsp3) is 0.333. The van der Waals surface area contributed by atoms with Crippen molar-refractivity contribution in [2.75, 3.05) is 17.6 Å². The van der Waals surface area contributed by atoms with Gasteiger partial charge in [-0.3, -0.25) is 0 Å². The minimum absolute atomic E-state index is 0.419. The smallest absolute Gasteiger partial charge is 0.398 e. The topological polar surface area (TPSA) is 38.0 Å². The van der Waals surface area contributed by atoms with E-state index in [0.29, 0.717) is 16.9 Å². The summed E-state index contributed by atoms with van der Waals surface area (Å²) < 4.78 is 35.6. The van der Waals surface area contributed by atoms with Gasteiger partial charge in [0.2, 0.25) is 0 Å². The van der Waals surface area contributed by atoms with Crippen LogP contribution in [0.3, 0.4) is 0 Å². The second kappa shape index (κ2) is 3.77. The van der Waals surface area contributed by atoms with Crippen LogP contribution in [0.2, 0.25) is 0 Å². The van der Waals surface area contributed by atoms with Gasteiger partial charge in [0.1, 0.15) is 6.54 Å². The average molecular weight is 204 g/mol. The molecule has 14 heavy (non-hydrogen) atoms. The van der Waals surface area contributed by atoms with Gasteiger partial charge < -0.3 is 11.1 Å². The summed E-state index contributed by atoms with van der Waals surface area (Å²) in [6.07, 6.45) is -4.21. The highest BCUT2D eigenvalue weighted by Gasteiger charge is 2.26. The highest BCUT2D eigenvalue weighted by Crippen LogP contribution is 2.22. The van der Waals surface area contributed by atoms with E-state index in [4.69, 9.17) is 5.73 Å². The minimum atomic E-state index is -4.21. The van der Waals surface area contributed by atoms with Crippen molar-refractivity contribution < 1.29 is 13.2 Å². The van der Waals surface area contributed by atoms with Crippen LogP contribution in [0.1, 0.15) is 5.56 Å². The fourth-order valence-corrected chi connectivity index (χ4v) is 1.04. The van der Waals surface area contributed by atoms with Crippen molar-refractivity contribution in [2.45, 2.75) is 13.1 Å². The van der Waals surface area contributed by atoms with Gasteiger partial charge in [-0.25, -0.2) is 0 Å². The number of benzene rings is 1. The van der Waals surface area contributed by atoms with Gasteiger partial charge in [0.05, 0.1) is 0 Å². The lowest BCUT2D eigenvalue weighted by atomic mass is 10.1. The molecule has 0 atom stereocenters. The lowest BCUT2D eigenvalue weighted by Gasteiger charge is -2.12. The second-order valence-corrected chi connectivity index (χ2v) is 2.99. The molecule has 0 unspecified atom stereocenters. The molecule has 0 fully saturated rings. The Morgan fingerprint density at radius 2 is 2.00 bits per heavy atom. The Morgan fingerprint density at radius 3 is 2.57 bits per heavy atom. The van der Waals surface area contributed by atoms with E-state index in [1.165, 1.54) is 0 Å². The number of anilines is 2. The summed E-state index contributed by atoms with van der Waals surface area (Å²) in [5.41, 5.74) is 7.08. The van der Waals surface area contributed by atoms with Gasteiger partial charge >= 0.3 is 6.18 Å². The Hall–Kier alpha value is -1.39. The maximum absolute atomic E-state index is 11.9. The Kier molecular flexibility index (Phi) is 2.88. The number of nitrogens with one attached hydrogen (secondary N) is 1. The molecule has 0 amide bonds. The molecule has 3 N–H and O–H groups in total. The molecule has 1 aromatic carbocycles. The van der Waals surface area contributed by atoms with Gasteiger partial charge in [0.15, 0.2) is 0 Å². The van der Waals surface area contributed by atoms with E-state index >= 15 is 0 Å². The third-order valence-corrected chi connectivity index (χ3v) is 1.85. The molecule has 5 heteroatoms. The molecular formula is C9H11F3N2. The molecule has 1 rings (SSSR count). The molecule has 0 bridgehead atoms. The van der Waals surface area contributed by atoms with Crippen LogP contribution in [0.15, 0.2) is 18.2 Å². The summed E-state index contributed by atoms with van der Waals surface area (Å²) in [6.45, 7) is 0.630. The van der Waals surface area contributed by atoms with Crippen molar-refractivity contribution in [3.05, 3.63) is 23.8 Å². The lowest BCUT2D eigenvalue weighted by molar-refractivity contribution is -0.115. The van der Waals surface area contributed by atoms with E-state index in [1.807, 2.05) is 0 Å². The maximum atomic E-state index is 11.9. The van der Waals surface area contributed by atoms with Crippen LogP contribution >= 0.6 is 0 Å². The zero-order valence-electron chi connectivity index (χ0n) is 7.65. The van der Waals surface area contributed by atoms with Gasteiger partial charge in [-0.2, -0.15) is 13.2 Å². The fourth-order valence-electron chi connectivity index (χ4n) is 1.04. The first-order chi connectivity index (χ1) is 6.40. The number of hydrogen-bond acceptors (Lipinski definition) is 2. The predicted octanol–water partition coefficient (Wildman–Crippen LogP) is 2.55. The Morgan fingerprint density at radius 1 is 1.36 bits per heavy atom. The molecule has 78 valence electrons. The summed E-state index contributed by atoms with van der Waals surface area (Å²) in [5, 5.41) is 2.29. The molecule has 0 aliphatic carbocycles. The van der Waals surface area contributed by atoms with Crippen molar-refractivity contribution in [1.82, 2.24) is 0 Å². The van der Waals surface area contributed by atoms with Crippen molar-refractivity contribution in [1.29, 1.82) is 0 Å². The third-order valence-electron chi connectivity index (χ3n) is 1.85. The van der Waals surface area contributed by atoms with Gasteiger partial charge in [-0.05, 0) is 24.6 Å². The largest absolute Gasteiger partial charge is 0.405 e. The minimum Gasteiger partial charge on any atom is -0.398 e. The van der Waals surface area contributed by atoms with E-state index in [2.05, 4.69) is 5.32 Å². The highest BCUT2D eigenvalue weighted by molar-refractivity contribution is 5.62. The monoisotopic (exact) mass is 204 g/mol. The van der Waals surface area contributed by atoms with Crippen molar-refractivity contribution in [3.8, 4) is 0 Å². The van der Waals surface area contributed by atoms with E-state index < -0.39 is 12.7 Å². The first-order valence-electron chi connectivity index (χ1n) is 4.06. The van der Waals surface area contributed by atoms with Crippen LogP contribution in [0, 0.1) is 6.92 Å². The molecule has 2 nitrogen and oxygen atoms in total. The lowest BCUT2D eigenvalue weighted by Crippen LogP contribution is -2.21. The Bertz CT molecular complexity index is 320. The zero-order valence-corrected chi connectivity index (χ0v) is 7.65. The molecule has 0 spiro atoms. The number of hydrogen-bond donors (Lipinski definition) is 2. The Balaban J connectivity index is 2.73. The summed E-state index contributed by atoms with van der Waals surface area (Å²) in [5.74, 6) is 0. The summed E-state index contributed by atoms with van der Waals surface area (Å²) in [7, 11) is 0. The van der Waals surface area contributed by atoms with Gasteiger partial charge in [0, 0.05) is 11.4 Å². The summed E-state index contributed by atoms with van der Waals surface area (Å²) in [6, 6.07) is 4.83. The number of nitrogens with two attached hydrogens (primary N) is 1. The van der Waals surface area contributed by atoms with E-state index in [9.17, 15) is 13.2 Å². The highest BCUT2D eigenvalue weighted by atomic mass is 19.4. The van der Waals surface area contributed by atoms with Crippen LogP contribution < -0.4 is 11.1 Å². The van der Waals surface area contributed by atoms with Crippen LogP contribution in [-0.4, -0.2) is 12.7 Å². The van der Waals surface area contributed by atoms with Gasteiger partial charge in [0.25, 0.3) is 0 Å². The van der Waals surface area contributed by atoms with Crippen molar-refractivity contribution in [3.63, 3.8) is 0 Å². The van der Waals surface area contributed by atoms with Gasteiger partial charge in [-0.15, -0.1) is 0 Å². The van der Waals surface area contributed by atoms with Gasteiger partial charge in [-0.1, -0.05) is 6.07 Å². The van der Waals surface area contributed by atoms with E-state index in [1.54, 1.807) is 25.1 Å². The molecule has 1 aromatic rings. The third kappa shape index (κ3) is 2.83. The van der Waals surface area contributed by atoms with Crippen LogP contribution in [0.4, 0.5) is 24.5 Å². The van der Waals surface area contributed by atoms with Crippen molar-refractivity contribution >= 4 is 11.4 Å². The summed E-state index contributed by atoms with van der Waals surface area (Å²) >= 11 is 0. The summed E-state index contributed by atoms with van der Waals surface area (Å²) in [4.78, 5) is 0. The van der Waals surface area contributed by atoms with Crippen molar-refractivity contribution in [2.24, 2.45) is 0 Å². The van der Waals surface area contributed by atoms with Crippen LogP contribution in [0.25, 0.3) is 0 Å². The number of halogens is 3. The molecule has 0 saturated carbocycles. The quantitative estimate of drug-likeness (QED) is 0.726. The zero-order chi connectivity index (χ0) is 10.8. The number of nitrogen functional groups attached to an aromatic ring is 1. The van der Waals surface area contributed by atoms with E-state index in [0.717, 1.165) is 0 Å². The standard InChI is InChI=1S/C9H11F3N2/c1-6-7(13)3-2-4-8(6)14-5-9(10,11)12/h2-4,14H,5,13H2,1H3. The maximum Gasteiger partial charge on any atom is 0.405 e. The molecule has 0 aliphatic rings. The SMILES string of the molecule is Cc1c(N)cccc1NCC(F)(F)F. The molecule has 0 heterocycles. The average Bonchev–Trinajstić information content (AvgIpc) is 2.06. The second-order valence-electron chi connectivity index (χ2n) is 2.99. The molecule has 0 aromatic heterocycles. The van der Waals surface area contributed by atoms with E-state index in [-0.39, 0.29) is 0 Å². The molecule has 0 aliphatic heterocycles. The molecular weight excluding hydrogens is 193 g/mol. The normalized spacial score (nSPS) is 11.4. The molecule has 0 radical (unpaired) electrons. The predicted molar refractivity (Wildman–Crippen MR) is 50.1 cm³/mol. The number of rotatable bonds is 2.